The molecule has 17 heteroatoms. The molecule has 0 aromatic heterocycles. The number of nitrogens with zero attached hydrogens (tertiary/aromatic N) is 2. The third-order valence-electron chi connectivity index (χ3n) is 8.09. The SMILES string of the molecule is C[C@]12C(=O)NC(=O)N3[C@@H]4CC(O)[C@@H](COP(=O)(O)OC5C[C@H](O[C@@H]5CO)N5C(=O)NC(=O)[C@@H]1[C@H]5[C@@H]32)O4. The van der Waals surface area contributed by atoms with Crippen molar-refractivity contribution in [1.82, 2.24) is 20.4 Å². The van der Waals surface area contributed by atoms with Crippen molar-refractivity contribution >= 4 is 31.7 Å². The van der Waals surface area contributed by atoms with Crippen LogP contribution in [0.25, 0.3) is 0 Å². The van der Waals surface area contributed by atoms with Crippen molar-refractivity contribution in [3.05, 3.63) is 0 Å². The first-order chi connectivity index (χ1) is 17.0. The lowest BCUT2D eigenvalue weighted by Crippen LogP contribution is -2.88. The normalized spacial score (nSPS) is 50.2. The Morgan fingerprint density at radius 3 is 2.47 bits per heavy atom. The van der Waals surface area contributed by atoms with Crippen LogP contribution in [0.15, 0.2) is 0 Å². The summed E-state index contributed by atoms with van der Waals surface area (Å²) in [6.07, 6.45) is -7.14. The lowest BCUT2D eigenvalue weighted by Gasteiger charge is -2.67. The van der Waals surface area contributed by atoms with E-state index in [-0.39, 0.29) is 12.8 Å². The molecule has 0 radical (unpaired) electrons. The Balaban J connectivity index is 1.46. The lowest BCUT2D eigenvalue weighted by molar-refractivity contribution is -0.213. The number of phosphoric ester groups is 1. The third kappa shape index (κ3) is 3.23. The second-order valence-electron chi connectivity index (χ2n) is 9.95. The summed E-state index contributed by atoms with van der Waals surface area (Å²) in [5.74, 6) is -2.45. The minimum absolute atomic E-state index is 0.120. The van der Waals surface area contributed by atoms with Crippen LogP contribution in [-0.2, 0) is 32.7 Å². The van der Waals surface area contributed by atoms with Gasteiger partial charge < -0.3 is 24.6 Å². The summed E-state index contributed by atoms with van der Waals surface area (Å²) in [4.78, 5) is 64.7. The summed E-state index contributed by atoms with van der Waals surface area (Å²) >= 11 is 0. The van der Waals surface area contributed by atoms with Crippen LogP contribution in [0.1, 0.15) is 19.8 Å². The fourth-order valence-electron chi connectivity index (χ4n) is 6.42. The number of urea groups is 2. The molecule has 1 saturated carbocycles. The summed E-state index contributed by atoms with van der Waals surface area (Å²) in [5.41, 5.74) is -1.44. The number of carbonyl (C=O) groups excluding carboxylic acids is 4. The topological polar surface area (TPSA) is 213 Å². The van der Waals surface area contributed by atoms with Crippen LogP contribution in [0, 0.1) is 11.3 Å². The maximum absolute atomic E-state index is 13.1. The zero-order valence-electron chi connectivity index (χ0n) is 18.9. The minimum atomic E-state index is -4.73. The van der Waals surface area contributed by atoms with Gasteiger partial charge in [0, 0.05) is 12.8 Å². The molecule has 5 aliphatic heterocycles. The highest BCUT2D eigenvalue weighted by atomic mass is 31.2. The number of fused-ring (bicyclic) bond motifs is 7. The zero-order chi connectivity index (χ0) is 25.7. The molecule has 198 valence electrons. The second kappa shape index (κ2) is 7.91. The third-order valence-corrected chi connectivity index (χ3v) is 9.11. The summed E-state index contributed by atoms with van der Waals surface area (Å²) in [6, 6.07) is -3.72. The van der Waals surface area contributed by atoms with Crippen molar-refractivity contribution in [2.75, 3.05) is 13.2 Å². The number of hydrogen-bond acceptors (Lipinski definition) is 11. The Morgan fingerprint density at radius 1 is 1.06 bits per heavy atom. The minimum Gasteiger partial charge on any atom is -0.394 e. The summed E-state index contributed by atoms with van der Waals surface area (Å²) in [5, 5.41) is 24.8. The molecule has 6 rings (SSSR count). The Kier molecular flexibility index (Phi) is 5.32. The predicted octanol–water partition coefficient (Wildman–Crippen LogP) is -2.44. The van der Waals surface area contributed by atoms with Gasteiger partial charge in [0.1, 0.15) is 30.8 Å². The van der Waals surface area contributed by atoms with Gasteiger partial charge in [0.2, 0.25) is 11.8 Å². The van der Waals surface area contributed by atoms with Crippen LogP contribution in [0.2, 0.25) is 0 Å². The average molecular weight is 532 g/mol. The molecule has 5 N–H and O–H groups in total. The fourth-order valence-corrected chi connectivity index (χ4v) is 7.38. The van der Waals surface area contributed by atoms with E-state index in [1.807, 2.05) is 0 Å². The molecular weight excluding hydrogens is 507 g/mol. The predicted molar refractivity (Wildman–Crippen MR) is 110 cm³/mol. The van der Waals surface area contributed by atoms with Gasteiger partial charge in [0.25, 0.3) is 0 Å². The molecular formula is C19H25N4O12P. The Morgan fingerprint density at radius 2 is 1.75 bits per heavy atom. The first-order valence-corrected chi connectivity index (χ1v) is 13.0. The number of aliphatic hydroxyl groups is 2. The number of ether oxygens (including phenoxy) is 2. The monoisotopic (exact) mass is 532 g/mol. The number of aliphatic hydroxyl groups excluding tert-OH is 2. The molecule has 6 aliphatic rings. The largest absolute Gasteiger partial charge is 0.472 e. The quantitative estimate of drug-likeness (QED) is 0.223. The van der Waals surface area contributed by atoms with Gasteiger partial charge in [-0.15, -0.1) is 0 Å². The summed E-state index contributed by atoms with van der Waals surface area (Å²) in [7, 11) is -4.73. The van der Waals surface area contributed by atoms with E-state index in [0.717, 1.165) is 0 Å². The van der Waals surface area contributed by atoms with E-state index in [1.54, 1.807) is 0 Å². The Hall–Kier alpha value is -2.17. The van der Waals surface area contributed by atoms with Gasteiger partial charge in [-0.3, -0.25) is 39.1 Å². The van der Waals surface area contributed by atoms with Crippen molar-refractivity contribution in [3.63, 3.8) is 0 Å². The van der Waals surface area contributed by atoms with Crippen molar-refractivity contribution < 1.29 is 57.4 Å². The van der Waals surface area contributed by atoms with Gasteiger partial charge >= 0.3 is 19.9 Å². The second-order valence-corrected chi connectivity index (χ2v) is 11.4. The standard InChI is InChI=1S/C19H25N4O12P/c1-19-12-13-14(19)23(18(29)21-16(19)27)10-2-6(25)9(34-10)5-32-36(30,31)35-7-3-11(33-8(7)4-24)22(13)17(28)20-15(12)26/h6-14,24-25H,2-5H2,1H3,(H,30,31)(H,20,26,28)(H,21,27,29)/t6?,7?,8-,9-,10+,11+,12+,13+,14-,19+/m1/s1. The smallest absolute Gasteiger partial charge is 0.394 e. The van der Waals surface area contributed by atoms with Crippen molar-refractivity contribution in [2.24, 2.45) is 11.3 Å². The van der Waals surface area contributed by atoms with Crippen molar-refractivity contribution in [1.29, 1.82) is 0 Å². The average Bonchev–Trinajstić information content (AvgIpc) is 3.35. The molecule has 16 nitrogen and oxygen atoms in total. The first kappa shape index (κ1) is 24.2. The van der Waals surface area contributed by atoms with Gasteiger partial charge in [0.15, 0.2) is 0 Å². The summed E-state index contributed by atoms with van der Waals surface area (Å²) in [6.45, 7) is 0.336. The highest BCUT2D eigenvalue weighted by Gasteiger charge is 2.76. The number of rotatable bonds is 1. The molecule has 36 heavy (non-hydrogen) atoms. The number of amides is 6. The Bertz CT molecular complexity index is 1090. The van der Waals surface area contributed by atoms with Crippen LogP contribution in [-0.4, -0.2) is 111 Å². The molecule has 11 atom stereocenters. The van der Waals surface area contributed by atoms with Gasteiger partial charge in [0.05, 0.1) is 42.7 Å². The summed E-state index contributed by atoms with van der Waals surface area (Å²) < 4.78 is 34.4. The van der Waals surface area contributed by atoms with Crippen LogP contribution >= 0.6 is 7.82 Å². The van der Waals surface area contributed by atoms with Crippen LogP contribution in [0.5, 0.6) is 0 Å². The van der Waals surface area contributed by atoms with Crippen LogP contribution in [0.3, 0.4) is 0 Å². The fraction of sp³-hybridized carbons (Fsp3) is 0.789. The van der Waals surface area contributed by atoms with E-state index in [1.165, 1.54) is 16.7 Å². The molecule has 5 saturated heterocycles. The van der Waals surface area contributed by atoms with E-state index < -0.39 is 105 Å². The molecule has 6 amide bonds. The first-order valence-electron chi connectivity index (χ1n) is 11.5. The number of nitrogens with one attached hydrogen (secondary N) is 2. The number of phosphoric acid groups is 1. The van der Waals surface area contributed by atoms with E-state index in [9.17, 15) is 38.8 Å². The van der Waals surface area contributed by atoms with Crippen LogP contribution < -0.4 is 10.6 Å². The van der Waals surface area contributed by atoms with E-state index in [2.05, 4.69) is 10.6 Å². The van der Waals surface area contributed by atoms with E-state index in [0.29, 0.717) is 0 Å². The molecule has 0 spiro atoms. The zero-order valence-corrected chi connectivity index (χ0v) is 19.8. The highest BCUT2D eigenvalue weighted by Crippen LogP contribution is 2.57. The van der Waals surface area contributed by atoms with Gasteiger partial charge in [-0.2, -0.15) is 0 Å². The molecule has 1 aliphatic carbocycles. The number of carbonyl (C=O) groups is 4. The molecule has 0 aromatic rings. The highest BCUT2D eigenvalue weighted by molar-refractivity contribution is 7.47. The van der Waals surface area contributed by atoms with Gasteiger partial charge in [-0.05, 0) is 6.92 Å². The van der Waals surface area contributed by atoms with Crippen LogP contribution in [0.4, 0.5) is 9.59 Å². The van der Waals surface area contributed by atoms with Gasteiger partial charge in [-0.25, -0.2) is 14.2 Å². The Labute approximate surface area is 203 Å². The number of hydrogen-bond donors (Lipinski definition) is 5. The van der Waals surface area contributed by atoms with Crippen molar-refractivity contribution in [3.8, 4) is 0 Å². The van der Waals surface area contributed by atoms with E-state index in [4.69, 9.17) is 18.5 Å². The van der Waals surface area contributed by atoms with E-state index >= 15 is 0 Å². The molecule has 3 unspecified atom stereocenters. The lowest BCUT2D eigenvalue weighted by atomic mass is 9.50. The maximum Gasteiger partial charge on any atom is 0.472 e. The molecule has 4 bridgehead atoms. The molecule has 0 aromatic carbocycles. The maximum atomic E-state index is 13.1. The number of imide groups is 2. The van der Waals surface area contributed by atoms with Crippen molar-refractivity contribution in [2.45, 2.75) is 68.7 Å². The molecule has 5 heterocycles. The van der Waals surface area contributed by atoms with Gasteiger partial charge in [-0.1, -0.05) is 0 Å². The molecule has 6 fully saturated rings.